The van der Waals surface area contributed by atoms with Crippen molar-refractivity contribution in [1.82, 2.24) is 0 Å². The highest BCUT2D eigenvalue weighted by Crippen LogP contribution is 2.33. The van der Waals surface area contributed by atoms with Crippen LogP contribution < -0.4 is 4.74 Å². The van der Waals surface area contributed by atoms with Gasteiger partial charge in [-0.1, -0.05) is 36.4 Å². The van der Waals surface area contributed by atoms with E-state index >= 15 is 0 Å². The minimum absolute atomic E-state index is 0.404. The number of rotatable bonds is 3. The van der Waals surface area contributed by atoms with Crippen LogP contribution in [0.5, 0.6) is 5.75 Å². The Morgan fingerprint density at radius 3 is 2.59 bits per heavy atom. The molecular weight excluding hydrogens is 212 g/mol. The van der Waals surface area contributed by atoms with Crippen molar-refractivity contribution in [2.45, 2.75) is 24.9 Å². The first-order valence-corrected chi connectivity index (χ1v) is 6.10. The summed E-state index contributed by atoms with van der Waals surface area (Å²) in [6.07, 6.45) is 2.82. The highest BCUT2D eigenvalue weighted by molar-refractivity contribution is 5.88. The van der Waals surface area contributed by atoms with Gasteiger partial charge in [0, 0.05) is 5.39 Å². The third kappa shape index (κ3) is 2.01. The number of ether oxygens (including phenoxy) is 1. The van der Waals surface area contributed by atoms with Gasteiger partial charge in [0.2, 0.25) is 0 Å². The van der Waals surface area contributed by atoms with Crippen molar-refractivity contribution in [1.29, 1.82) is 0 Å². The van der Waals surface area contributed by atoms with Gasteiger partial charge in [-0.2, -0.15) is 0 Å². The van der Waals surface area contributed by atoms with E-state index in [0.717, 1.165) is 30.4 Å². The molecule has 1 fully saturated rings. The second kappa shape index (κ2) is 4.04. The van der Waals surface area contributed by atoms with Gasteiger partial charge in [0.15, 0.2) is 0 Å². The van der Waals surface area contributed by atoms with Crippen molar-refractivity contribution in [3.8, 4) is 5.75 Å². The van der Waals surface area contributed by atoms with E-state index in [9.17, 15) is 5.11 Å². The smallest absolute Gasteiger partial charge is 0.127 e. The number of fused-ring (bicyclic) bond motifs is 1. The van der Waals surface area contributed by atoms with E-state index in [1.165, 1.54) is 5.39 Å². The highest BCUT2D eigenvalue weighted by Gasteiger charge is 2.35. The maximum Gasteiger partial charge on any atom is 0.127 e. The fourth-order valence-electron chi connectivity index (χ4n) is 2.26. The molecule has 0 amide bonds. The predicted molar refractivity (Wildman–Crippen MR) is 68.2 cm³/mol. The number of hydrogen-bond donors (Lipinski definition) is 1. The molecule has 2 aromatic rings. The minimum atomic E-state index is -0.586. The van der Waals surface area contributed by atoms with Crippen molar-refractivity contribution in [2.75, 3.05) is 6.61 Å². The van der Waals surface area contributed by atoms with E-state index in [1.807, 2.05) is 24.3 Å². The SMILES string of the molecule is OC1(COc2cccc3ccccc23)CCC1. The molecule has 1 aliphatic rings. The lowest BCUT2D eigenvalue weighted by atomic mass is 9.81. The molecule has 17 heavy (non-hydrogen) atoms. The second-order valence-electron chi connectivity index (χ2n) is 4.84. The van der Waals surface area contributed by atoms with Crippen LogP contribution in [0.4, 0.5) is 0 Å². The molecule has 88 valence electrons. The van der Waals surface area contributed by atoms with E-state index in [-0.39, 0.29) is 0 Å². The summed E-state index contributed by atoms with van der Waals surface area (Å²) in [4.78, 5) is 0. The Morgan fingerprint density at radius 1 is 1.06 bits per heavy atom. The van der Waals surface area contributed by atoms with Gasteiger partial charge >= 0.3 is 0 Å². The summed E-state index contributed by atoms with van der Waals surface area (Å²) in [6, 6.07) is 14.2. The highest BCUT2D eigenvalue weighted by atomic mass is 16.5. The van der Waals surface area contributed by atoms with E-state index < -0.39 is 5.60 Å². The number of hydrogen-bond acceptors (Lipinski definition) is 2. The van der Waals surface area contributed by atoms with Crippen LogP contribution in [0.1, 0.15) is 19.3 Å². The van der Waals surface area contributed by atoms with Gasteiger partial charge in [0.25, 0.3) is 0 Å². The molecule has 0 unspecified atom stereocenters. The molecular formula is C15H16O2. The lowest BCUT2D eigenvalue weighted by Gasteiger charge is -2.36. The van der Waals surface area contributed by atoms with Gasteiger partial charge in [-0.3, -0.25) is 0 Å². The Hall–Kier alpha value is -1.54. The number of benzene rings is 2. The summed E-state index contributed by atoms with van der Waals surface area (Å²) >= 11 is 0. The summed E-state index contributed by atoms with van der Waals surface area (Å²) in [5, 5.41) is 12.3. The monoisotopic (exact) mass is 228 g/mol. The van der Waals surface area contributed by atoms with Gasteiger partial charge in [0.05, 0.1) is 5.60 Å². The molecule has 0 bridgehead atoms. The van der Waals surface area contributed by atoms with Crippen molar-refractivity contribution in [3.05, 3.63) is 42.5 Å². The van der Waals surface area contributed by atoms with Crippen molar-refractivity contribution in [3.63, 3.8) is 0 Å². The minimum Gasteiger partial charge on any atom is -0.490 e. The van der Waals surface area contributed by atoms with E-state index in [1.54, 1.807) is 0 Å². The van der Waals surface area contributed by atoms with Gasteiger partial charge in [-0.25, -0.2) is 0 Å². The van der Waals surface area contributed by atoms with Crippen molar-refractivity contribution < 1.29 is 9.84 Å². The van der Waals surface area contributed by atoms with Crippen molar-refractivity contribution >= 4 is 10.8 Å². The third-order valence-corrected chi connectivity index (χ3v) is 3.53. The summed E-state index contributed by atoms with van der Waals surface area (Å²) in [5.74, 6) is 0.864. The Balaban J connectivity index is 1.85. The average Bonchev–Trinajstić information content (AvgIpc) is 2.34. The van der Waals surface area contributed by atoms with Crippen LogP contribution in [0.15, 0.2) is 42.5 Å². The van der Waals surface area contributed by atoms with Gasteiger partial charge in [0.1, 0.15) is 12.4 Å². The van der Waals surface area contributed by atoms with E-state index in [0.29, 0.717) is 6.61 Å². The summed E-state index contributed by atoms with van der Waals surface area (Å²) in [5.41, 5.74) is -0.586. The number of aliphatic hydroxyl groups is 1. The maximum absolute atomic E-state index is 10.0. The molecule has 0 spiro atoms. The first kappa shape index (κ1) is 10.6. The molecule has 0 atom stereocenters. The molecule has 1 aliphatic carbocycles. The van der Waals surface area contributed by atoms with Crippen LogP contribution in [0.2, 0.25) is 0 Å². The standard InChI is InChI=1S/C15H16O2/c16-15(9-4-10-15)11-17-14-8-3-6-12-5-1-2-7-13(12)14/h1-3,5-8,16H,4,9-11H2. The van der Waals surface area contributed by atoms with E-state index in [2.05, 4.69) is 18.2 Å². The molecule has 0 aromatic heterocycles. The van der Waals surface area contributed by atoms with Gasteiger partial charge in [-0.05, 0) is 30.7 Å². The van der Waals surface area contributed by atoms with Gasteiger partial charge in [-0.15, -0.1) is 0 Å². The Kier molecular flexibility index (Phi) is 2.52. The van der Waals surface area contributed by atoms with Crippen LogP contribution >= 0.6 is 0 Å². The quantitative estimate of drug-likeness (QED) is 0.874. The second-order valence-corrected chi connectivity index (χ2v) is 4.84. The van der Waals surface area contributed by atoms with Gasteiger partial charge < -0.3 is 9.84 Å². The largest absolute Gasteiger partial charge is 0.490 e. The first-order chi connectivity index (χ1) is 8.27. The fourth-order valence-corrected chi connectivity index (χ4v) is 2.26. The fraction of sp³-hybridized carbons (Fsp3) is 0.333. The average molecular weight is 228 g/mol. The Bertz CT molecular complexity index is 524. The lowest BCUT2D eigenvalue weighted by Crippen LogP contribution is -2.42. The normalized spacial score (nSPS) is 17.7. The summed E-state index contributed by atoms with van der Waals surface area (Å²) in [7, 11) is 0. The predicted octanol–water partition coefficient (Wildman–Crippen LogP) is 3.13. The molecule has 1 saturated carbocycles. The zero-order chi connectivity index (χ0) is 11.7. The van der Waals surface area contributed by atoms with Crippen LogP contribution in [0.25, 0.3) is 10.8 Å². The van der Waals surface area contributed by atoms with Crippen molar-refractivity contribution in [2.24, 2.45) is 0 Å². The topological polar surface area (TPSA) is 29.5 Å². The molecule has 2 heteroatoms. The Labute approximate surface area is 101 Å². The first-order valence-electron chi connectivity index (χ1n) is 6.10. The molecule has 0 radical (unpaired) electrons. The van der Waals surface area contributed by atoms with Crippen LogP contribution in [-0.2, 0) is 0 Å². The molecule has 0 heterocycles. The maximum atomic E-state index is 10.0. The summed E-state index contributed by atoms with van der Waals surface area (Å²) < 4.78 is 5.78. The molecule has 0 saturated heterocycles. The van der Waals surface area contributed by atoms with E-state index in [4.69, 9.17) is 4.74 Å². The summed E-state index contributed by atoms with van der Waals surface area (Å²) in [6.45, 7) is 0.404. The third-order valence-electron chi connectivity index (χ3n) is 3.53. The molecule has 2 nitrogen and oxygen atoms in total. The molecule has 2 aromatic carbocycles. The zero-order valence-corrected chi connectivity index (χ0v) is 9.73. The molecule has 3 rings (SSSR count). The van der Waals surface area contributed by atoms with Crippen LogP contribution in [0.3, 0.4) is 0 Å². The van der Waals surface area contributed by atoms with Crippen LogP contribution in [-0.4, -0.2) is 17.3 Å². The zero-order valence-electron chi connectivity index (χ0n) is 9.73. The lowest BCUT2D eigenvalue weighted by molar-refractivity contribution is -0.0660. The van der Waals surface area contributed by atoms with Crippen LogP contribution in [0, 0.1) is 0 Å². The Morgan fingerprint density at radius 2 is 1.82 bits per heavy atom. The molecule has 0 aliphatic heterocycles. The molecule has 1 N–H and O–H groups in total.